The number of carbonyl (C=O) groups excluding carboxylic acids is 1. The molecule has 1 aromatic carbocycles. The van der Waals surface area contributed by atoms with Crippen LogP contribution >= 0.6 is 11.3 Å². The third-order valence-electron chi connectivity index (χ3n) is 4.25. The summed E-state index contributed by atoms with van der Waals surface area (Å²) in [4.78, 5) is 21.8. The van der Waals surface area contributed by atoms with Gasteiger partial charge in [-0.1, -0.05) is 41.6 Å². The average Bonchev–Trinajstić information content (AvgIpc) is 3.35. The van der Waals surface area contributed by atoms with Gasteiger partial charge in [-0.2, -0.15) is 4.98 Å². The van der Waals surface area contributed by atoms with Crippen LogP contribution in [0.25, 0.3) is 11.4 Å². The number of carbonyl (C=O) groups is 1. The molecule has 3 aromatic rings. The normalized spacial score (nSPS) is 15.4. The van der Waals surface area contributed by atoms with Crippen LogP contribution in [0.3, 0.4) is 0 Å². The first-order chi connectivity index (χ1) is 12.3. The molecule has 3 heterocycles. The Morgan fingerprint density at radius 3 is 2.60 bits per heavy atom. The highest BCUT2D eigenvalue weighted by Crippen LogP contribution is 2.17. The van der Waals surface area contributed by atoms with Gasteiger partial charge in [-0.25, -0.2) is 0 Å². The van der Waals surface area contributed by atoms with Crippen molar-refractivity contribution >= 4 is 17.2 Å². The van der Waals surface area contributed by atoms with Gasteiger partial charge in [-0.05, 0) is 11.4 Å². The molecule has 1 aliphatic rings. The van der Waals surface area contributed by atoms with Gasteiger partial charge in [0.1, 0.15) is 0 Å². The zero-order chi connectivity index (χ0) is 17.1. The van der Waals surface area contributed by atoms with Gasteiger partial charge in [0, 0.05) is 31.7 Å². The van der Waals surface area contributed by atoms with E-state index >= 15 is 0 Å². The molecule has 128 valence electrons. The quantitative estimate of drug-likeness (QED) is 0.721. The average molecular weight is 354 g/mol. The molecule has 1 amide bonds. The zero-order valence-electron chi connectivity index (χ0n) is 13.7. The Morgan fingerprint density at radius 2 is 1.88 bits per heavy atom. The lowest BCUT2D eigenvalue weighted by atomic mass is 10.2. The summed E-state index contributed by atoms with van der Waals surface area (Å²) in [7, 11) is 0. The van der Waals surface area contributed by atoms with Gasteiger partial charge in [-0.3, -0.25) is 9.69 Å². The first-order valence-electron chi connectivity index (χ1n) is 8.23. The molecule has 1 saturated heterocycles. The maximum Gasteiger partial charge on any atom is 0.264 e. The van der Waals surface area contributed by atoms with Gasteiger partial charge in [0.2, 0.25) is 11.7 Å². The van der Waals surface area contributed by atoms with Crippen LogP contribution in [-0.2, 0) is 6.54 Å². The highest BCUT2D eigenvalue weighted by atomic mass is 32.1. The Morgan fingerprint density at radius 1 is 1.08 bits per heavy atom. The number of hydrogen-bond acceptors (Lipinski definition) is 6. The fraction of sp³-hybridized carbons (Fsp3) is 0.278. The van der Waals surface area contributed by atoms with E-state index in [9.17, 15) is 4.79 Å². The van der Waals surface area contributed by atoms with Gasteiger partial charge >= 0.3 is 0 Å². The van der Waals surface area contributed by atoms with Crippen molar-refractivity contribution in [3.8, 4) is 11.4 Å². The number of rotatable bonds is 4. The van der Waals surface area contributed by atoms with Crippen molar-refractivity contribution < 1.29 is 9.32 Å². The van der Waals surface area contributed by atoms with E-state index in [0.717, 1.165) is 36.6 Å². The molecule has 0 spiro atoms. The molecule has 0 N–H and O–H groups in total. The van der Waals surface area contributed by atoms with Gasteiger partial charge in [0.05, 0.1) is 11.4 Å². The number of nitrogens with zero attached hydrogens (tertiary/aromatic N) is 4. The van der Waals surface area contributed by atoms with Gasteiger partial charge in [-0.15, -0.1) is 11.3 Å². The molecule has 7 heteroatoms. The van der Waals surface area contributed by atoms with Crippen molar-refractivity contribution in [2.24, 2.45) is 0 Å². The molecular formula is C18H18N4O2S. The molecule has 1 aliphatic heterocycles. The summed E-state index contributed by atoms with van der Waals surface area (Å²) in [5.74, 6) is 1.35. The number of aromatic nitrogens is 2. The van der Waals surface area contributed by atoms with Crippen LogP contribution in [0.1, 0.15) is 15.6 Å². The molecule has 0 aliphatic carbocycles. The van der Waals surface area contributed by atoms with E-state index in [1.807, 2.05) is 52.7 Å². The molecule has 0 saturated carbocycles. The number of hydrogen-bond donors (Lipinski definition) is 0. The molecule has 6 nitrogen and oxygen atoms in total. The molecule has 25 heavy (non-hydrogen) atoms. The first-order valence-corrected chi connectivity index (χ1v) is 9.11. The molecular weight excluding hydrogens is 336 g/mol. The molecule has 0 unspecified atom stereocenters. The Balaban J connectivity index is 1.33. The van der Waals surface area contributed by atoms with Crippen LogP contribution in [0.15, 0.2) is 52.4 Å². The molecule has 0 bridgehead atoms. The first kappa shape index (κ1) is 16.0. The smallest absolute Gasteiger partial charge is 0.264 e. The van der Waals surface area contributed by atoms with Crippen molar-refractivity contribution in [2.75, 3.05) is 26.2 Å². The van der Waals surface area contributed by atoms with Crippen molar-refractivity contribution in [2.45, 2.75) is 6.54 Å². The Kier molecular flexibility index (Phi) is 4.58. The largest absolute Gasteiger partial charge is 0.338 e. The summed E-state index contributed by atoms with van der Waals surface area (Å²) in [6.07, 6.45) is 0. The fourth-order valence-corrected chi connectivity index (χ4v) is 3.57. The van der Waals surface area contributed by atoms with Crippen LogP contribution in [0.2, 0.25) is 0 Å². The second-order valence-corrected chi connectivity index (χ2v) is 6.87. The van der Waals surface area contributed by atoms with Crippen molar-refractivity contribution in [3.05, 3.63) is 58.6 Å². The highest BCUT2D eigenvalue weighted by molar-refractivity contribution is 7.12. The van der Waals surface area contributed by atoms with Crippen LogP contribution in [0.4, 0.5) is 0 Å². The van der Waals surface area contributed by atoms with Gasteiger partial charge in [0.25, 0.3) is 5.91 Å². The lowest BCUT2D eigenvalue weighted by molar-refractivity contribution is 0.0620. The van der Waals surface area contributed by atoms with E-state index in [-0.39, 0.29) is 5.91 Å². The summed E-state index contributed by atoms with van der Waals surface area (Å²) in [5.41, 5.74) is 0.948. The minimum Gasteiger partial charge on any atom is -0.338 e. The second-order valence-electron chi connectivity index (χ2n) is 5.92. The number of amides is 1. The minimum absolute atomic E-state index is 0.124. The number of thiophene rings is 1. The van der Waals surface area contributed by atoms with E-state index in [4.69, 9.17) is 4.52 Å². The van der Waals surface area contributed by atoms with Crippen LogP contribution in [0, 0.1) is 0 Å². The van der Waals surface area contributed by atoms with E-state index in [1.54, 1.807) is 0 Å². The third-order valence-corrected chi connectivity index (χ3v) is 5.11. The summed E-state index contributed by atoms with van der Waals surface area (Å²) >= 11 is 1.49. The lowest BCUT2D eigenvalue weighted by Crippen LogP contribution is -2.48. The summed E-state index contributed by atoms with van der Waals surface area (Å²) in [5, 5.41) is 5.99. The maximum atomic E-state index is 12.4. The van der Waals surface area contributed by atoms with Gasteiger partial charge in [0.15, 0.2) is 0 Å². The topological polar surface area (TPSA) is 62.5 Å². The van der Waals surface area contributed by atoms with E-state index in [2.05, 4.69) is 15.0 Å². The van der Waals surface area contributed by atoms with Crippen LogP contribution in [-0.4, -0.2) is 52.0 Å². The minimum atomic E-state index is 0.124. The highest BCUT2D eigenvalue weighted by Gasteiger charge is 2.23. The summed E-state index contributed by atoms with van der Waals surface area (Å²) in [6.45, 7) is 3.66. The zero-order valence-corrected chi connectivity index (χ0v) is 14.5. The van der Waals surface area contributed by atoms with Crippen molar-refractivity contribution in [1.29, 1.82) is 0 Å². The van der Waals surface area contributed by atoms with Crippen molar-refractivity contribution in [1.82, 2.24) is 19.9 Å². The second kappa shape index (κ2) is 7.16. The number of benzene rings is 1. The maximum absolute atomic E-state index is 12.4. The monoisotopic (exact) mass is 354 g/mol. The summed E-state index contributed by atoms with van der Waals surface area (Å²) in [6, 6.07) is 13.6. The standard InChI is InChI=1S/C18H18N4O2S/c23-18(15-7-4-12-25-15)22-10-8-21(9-11-22)13-16-19-17(20-24-16)14-5-2-1-3-6-14/h1-7,12H,8-11,13H2. The van der Waals surface area contributed by atoms with Crippen LogP contribution in [0.5, 0.6) is 0 Å². The van der Waals surface area contributed by atoms with E-state index in [0.29, 0.717) is 18.3 Å². The van der Waals surface area contributed by atoms with Crippen molar-refractivity contribution in [3.63, 3.8) is 0 Å². The lowest BCUT2D eigenvalue weighted by Gasteiger charge is -2.33. The molecule has 0 atom stereocenters. The predicted octanol–water partition coefficient (Wildman–Crippen LogP) is 2.76. The third kappa shape index (κ3) is 3.62. The van der Waals surface area contributed by atoms with Gasteiger partial charge < -0.3 is 9.42 Å². The van der Waals surface area contributed by atoms with E-state index < -0.39 is 0 Å². The Bertz CT molecular complexity index is 824. The summed E-state index contributed by atoms with van der Waals surface area (Å²) < 4.78 is 5.37. The number of piperazine rings is 1. The SMILES string of the molecule is O=C(c1cccs1)N1CCN(Cc2nc(-c3ccccc3)no2)CC1. The molecule has 4 rings (SSSR count). The van der Waals surface area contributed by atoms with E-state index in [1.165, 1.54) is 11.3 Å². The fourth-order valence-electron chi connectivity index (χ4n) is 2.88. The Labute approximate surface area is 149 Å². The molecule has 1 fully saturated rings. The predicted molar refractivity (Wildman–Crippen MR) is 95.2 cm³/mol. The Hall–Kier alpha value is -2.51. The molecule has 0 radical (unpaired) electrons. The van der Waals surface area contributed by atoms with Crippen LogP contribution < -0.4 is 0 Å². The molecule has 2 aromatic heterocycles.